The molecule has 2 aromatic rings. The summed E-state index contributed by atoms with van der Waals surface area (Å²) in [5.41, 5.74) is 2.14. The maximum Gasteiger partial charge on any atom is 0.267 e. The highest BCUT2D eigenvalue weighted by molar-refractivity contribution is 7.17. The molecule has 6 heteroatoms. The second-order valence-electron chi connectivity index (χ2n) is 3.83. The Morgan fingerprint density at radius 2 is 2.17 bits per heavy atom. The number of aromatic hydroxyl groups is 1. The van der Waals surface area contributed by atoms with Crippen molar-refractivity contribution in [2.75, 3.05) is 5.32 Å². The van der Waals surface area contributed by atoms with Crippen molar-refractivity contribution in [1.29, 1.82) is 0 Å². The molecule has 1 amide bonds. The van der Waals surface area contributed by atoms with E-state index in [1.165, 1.54) is 6.20 Å². The quantitative estimate of drug-likeness (QED) is 0.888. The van der Waals surface area contributed by atoms with Crippen LogP contribution in [0.1, 0.15) is 20.8 Å². The van der Waals surface area contributed by atoms with Gasteiger partial charge in [-0.3, -0.25) is 4.79 Å². The molecule has 0 saturated carbocycles. The minimum Gasteiger partial charge on any atom is -0.508 e. The van der Waals surface area contributed by atoms with E-state index in [-0.39, 0.29) is 11.7 Å². The molecule has 1 aromatic heterocycles. The summed E-state index contributed by atoms with van der Waals surface area (Å²) >= 11 is 6.79. The minimum atomic E-state index is -0.281. The highest BCUT2D eigenvalue weighted by Crippen LogP contribution is 2.29. The first-order valence-corrected chi connectivity index (χ1v) is 6.40. The van der Waals surface area contributed by atoms with E-state index in [1.807, 2.05) is 6.92 Å². The molecule has 0 aliphatic rings. The third kappa shape index (κ3) is 2.47. The van der Waals surface area contributed by atoms with Gasteiger partial charge in [-0.1, -0.05) is 29.0 Å². The number of nitrogens with one attached hydrogen (secondary N) is 1. The lowest BCUT2D eigenvalue weighted by Crippen LogP contribution is -2.12. The van der Waals surface area contributed by atoms with Crippen molar-refractivity contribution in [3.05, 3.63) is 38.8 Å². The molecule has 0 fully saturated rings. The van der Waals surface area contributed by atoms with Crippen molar-refractivity contribution >= 4 is 34.5 Å². The zero-order valence-electron chi connectivity index (χ0n) is 9.82. The van der Waals surface area contributed by atoms with E-state index in [0.717, 1.165) is 16.9 Å². The molecule has 2 N–H and O–H groups in total. The summed E-state index contributed by atoms with van der Waals surface area (Å²) < 4.78 is 0.324. The molecule has 0 atom stereocenters. The van der Waals surface area contributed by atoms with E-state index in [2.05, 4.69) is 10.3 Å². The largest absolute Gasteiger partial charge is 0.508 e. The number of aromatic nitrogens is 1. The zero-order chi connectivity index (χ0) is 13.3. The molecule has 0 unspecified atom stereocenters. The van der Waals surface area contributed by atoms with Gasteiger partial charge in [0.1, 0.15) is 10.6 Å². The number of hydrogen-bond donors (Lipinski definition) is 2. The van der Waals surface area contributed by atoms with Gasteiger partial charge in [0.05, 0.1) is 11.9 Å². The first-order chi connectivity index (χ1) is 8.49. The summed E-state index contributed by atoms with van der Waals surface area (Å²) in [6.07, 6.45) is 1.43. The number of hydrogen-bond acceptors (Lipinski definition) is 4. The van der Waals surface area contributed by atoms with Crippen LogP contribution in [-0.2, 0) is 0 Å². The van der Waals surface area contributed by atoms with Gasteiger partial charge in [-0.25, -0.2) is 4.98 Å². The summed E-state index contributed by atoms with van der Waals surface area (Å²) in [4.78, 5) is 16.2. The Bertz CT molecular complexity index is 610. The molecule has 94 valence electrons. The summed E-state index contributed by atoms with van der Waals surface area (Å²) in [5.74, 6) is -0.130. The van der Waals surface area contributed by atoms with Crippen molar-refractivity contribution in [2.45, 2.75) is 13.8 Å². The molecule has 0 radical (unpaired) electrons. The highest BCUT2D eigenvalue weighted by Gasteiger charge is 2.14. The van der Waals surface area contributed by atoms with Gasteiger partial charge in [-0.15, -0.1) is 0 Å². The second kappa shape index (κ2) is 4.96. The van der Waals surface area contributed by atoms with E-state index < -0.39 is 0 Å². The van der Waals surface area contributed by atoms with E-state index in [9.17, 15) is 9.90 Å². The van der Waals surface area contributed by atoms with Crippen LogP contribution < -0.4 is 5.32 Å². The number of carbonyl (C=O) groups excluding carboxylic acids is 1. The van der Waals surface area contributed by atoms with Crippen molar-refractivity contribution in [3.63, 3.8) is 0 Å². The molecule has 4 nitrogen and oxygen atoms in total. The number of thiazole rings is 1. The van der Waals surface area contributed by atoms with Crippen LogP contribution in [-0.4, -0.2) is 16.0 Å². The smallest absolute Gasteiger partial charge is 0.267 e. The Kier molecular flexibility index (Phi) is 3.54. The number of phenols is 1. The zero-order valence-corrected chi connectivity index (χ0v) is 11.4. The molecule has 1 heterocycles. The number of nitrogens with zero attached hydrogens (tertiary/aromatic N) is 1. The number of carbonyl (C=O) groups is 1. The molecule has 0 aliphatic carbocycles. The standard InChI is InChI=1S/C12H11ClN2O2S/c1-6-3-4-8(16)7(2)10(6)15-11(17)9-5-14-12(13)18-9/h3-5,16H,1-2H3,(H,15,17). The molecular weight excluding hydrogens is 272 g/mol. The van der Waals surface area contributed by atoms with Gasteiger partial charge in [-0.2, -0.15) is 0 Å². The van der Waals surface area contributed by atoms with Gasteiger partial charge in [0.15, 0.2) is 4.47 Å². The first kappa shape index (κ1) is 12.9. The van der Waals surface area contributed by atoms with Crippen LogP contribution >= 0.6 is 22.9 Å². The van der Waals surface area contributed by atoms with Crippen LogP contribution in [0.3, 0.4) is 0 Å². The Morgan fingerprint density at radius 3 is 2.78 bits per heavy atom. The molecule has 0 bridgehead atoms. The van der Waals surface area contributed by atoms with Crippen LogP contribution in [0.25, 0.3) is 0 Å². The molecule has 18 heavy (non-hydrogen) atoms. The maximum atomic E-state index is 12.0. The van der Waals surface area contributed by atoms with Crippen LogP contribution in [0, 0.1) is 13.8 Å². The van der Waals surface area contributed by atoms with E-state index in [1.54, 1.807) is 19.1 Å². The fourth-order valence-corrected chi connectivity index (χ4v) is 2.40. The van der Waals surface area contributed by atoms with Crippen LogP contribution in [0.15, 0.2) is 18.3 Å². The number of rotatable bonds is 2. The van der Waals surface area contributed by atoms with Crippen molar-refractivity contribution < 1.29 is 9.90 Å². The van der Waals surface area contributed by atoms with Crippen LogP contribution in [0.4, 0.5) is 5.69 Å². The lowest BCUT2D eigenvalue weighted by Gasteiger charge is -2.11. The van der Waals surface area contributed by atoms with E-state index >= 15 is 0 Å². The number of anilines is 1. The number of phenolic OH excluding ortho intramolecular Hbond substituents is 1. The predicted octanol–water partition coefficient (Wildman–Crippen LogP) is 3.37. The SMILES string of the molecule is Cc1ccc(O)c(C)c1NC(=O)c1cnc(Cl)s1. The molecule has 2 rings (SSSR count). The Morgan fingerprint density at radius 1 is 1.44 bits per heavy atom. The topological polar surface area (TPSA) is 62.2 Å². The Labute approximate surface area is 113 Å². The van der Waals surface area contributed by atoms with Gasteiger partial charge in [0.2, 0.25) is 0 Å². The van der Waals surface area contributed by atoms with Gasteiger partial charge in [0.25, 0.3) is 5.91 Å². The fraction of sp³-hybridized carbons (Fsp3) is 0.167. The van der Waals surface area contributed by atoms with Crippen LogP contribution in [0.5, 0.6) is 5.75 Å². The monoisotopic (exact) mass is 282 g/mol. The van der Waals surface area contributed by atoms with Gasteiger partial charge < -0.3 is 10.4 Å². The lowest BCUT2D eigenvalue weighted by atomic mass is 10.1. The maximum absolute atomic E-state index is 12.0. The van der Waals surface area contributed by atoms with Gasteiger partial charge in [0, 0.05) is 5.56 Å². The molecular formula is C12H11ClN2O2S. The van der Waals surface area contributed by atoms with Crippen molar-refractivity contribution in [3.8, 4) is 5.75 Å². The Balaban J connectivity index is 2.30. The number of amides is 1. The summed E-state index contributed by atoms with van der Waals surface area (Å²) in [6.45, 7) is 3.61. The summed E-state index contributed by atoms with van der Waals surface area (Å²) in [7, 11) is 0. The first-order valence-electron chi connectivity index (χ1n) is 5.21. The molecule has 0 aliphatic heterocycles. The van der Waals surface area contributed by atoms with Crippen molar-refractivity contribution in [2.24, 2.45) is 0 Å². The van der Waals surface area contributed by atoms with Crippen molar-refractivity contribution in [1.82, 2.24) is 4.98 Å². The number of benzene rings is 1. The molecule has 1 aromatic carbocycles. The normalized spacial score (nSPS) is 10.4. The Hall–Kier alpha value is -1.59. The minimum absolute atomic E-state index is 0.151. The fourth-order valence-electron chi connectivity index (χ4n) is 1.56. The third-order valence-electron chi connectivity index (χ3n) is 2.58. The number of aryl methyl sites for hydroxylation is 1. The number of halogens is 1. The van der Waals surface area contributed by atoms with Gasteiger partial charge >= 0.3 is 0 Å². The van der Waals surface area contributed by atoms with E-state index in [0.29, 0.717) is 20.6 Å². The molecule has 0 spiro atoms. The van der Waals surface area contributed by atoms with Crippen LogP contribution in [0.2, 0.25) is 4.47 Å². The average Bonchev–Trinajstić information content (AvgIpc) is 2.76. The highest BCUT2D eigenvalue weighted by atomic mass is 35.5. The average molecular weight is 283 g/mol. The van der Waals surface area contributed by atoms with E-state index in [4.69, 9.17) is 11.6 Å². The second-order valence-corrected chi connectivity index (χ2v) is 5.45. The predicted molar refractivity (Wildman–Crippen MR) is 72.7 cm³/mol. The lowest BCUT2D eigenvalue weighted by molar-refractivity contribution is 0.103. The molecule has 0 saturated heterocycles. The summed E-state index contributed by atoms with van der Waals surface area (Å²) in [6, 6.07) is 3.35. The third-order valence-corrected chi connectivity index (χ3v) is 3.70. The van der Waals surface area contributed by atoms with Gasteiger partial charge in [-0.05, 0) is 25.5 Å². The summed E-state index contributed by atoms with van der Waals surface area (Å²) in [5, 5.41) is 12.4.